The summed E-state index contributed by atoms with van der Waals surface area (Å²) in [6, 6.07) is 10.5. The molecule has 1 rings (SSSR count). The molecule has 0 unspecified atom stereocenters. The van der Waals surface area contributed by atoms with Crippen LogP contribution in [0.15, 0.2) is 30.3 Å². The van der Waals surface area contributed by atoms with Crippen molar-refractivity contribution in [2.45, 2.75) is 110 Å². The first-order valence-corrected chi connectivity index (χ1v) is 15.7. The zero-order chi connectivity index (χ0) is 25.1. The van der Waals surface area contributed by atoms with Crippen LogP contribution in [0.5, 0.6) is 0 Å². The fourth-order valence-electron chi connectivity index (χ4n) is 4.65. The van der Waals surface area contributed by atoms with Gasteiger partial charge in [-0.2, -0.15) is 0 Å². The Morgan fingerprint density at radius 3 is 1.68 bits per heavy atom. The molecular weight excluding hydrogens is 440 g/mol. The molecule has 5 heteroatoms. The molecule has 0 N–H and O–H groups in total. The van der Waals surface area contributed by atoms with Crippen LogP contribution in [0, 0.1) is 0 Å². The molecule has 0 bridgehead atoms. The molecule has 0 heterocycles. The van der Waals surface area contributed by atoms with Crippen molar-refractivity contribution in [1.29, 1.82) is 0 Å². The number of quaternary nitrogens is 1. The fourth-order valence-corrected chi connectivity index (χ4v) is 5.94. The number of sulfonamides is 1. The van der Waals surface area contributed by atoms with Crippen molar-refractivity contribution in [1.82, 2.24) is 4.31 Å². The fraction of sp³-hybridized carbons (Fsp3) is 0.793. The van der Waals surface area contributed by atoms with Crippen LogP contribution in [0.4, 0.5) is 0 Å². The maximum atomic E-state index is 12.6. The predicted molar refractivity (Wildman–Crippen MR) is 148 cm³/mol. The van der Waals surface area contributed by atoms with Gasteiger partial charge in [0.1, 0.15) is 6.54 Å². The average molecular weight is 496 g/mol. The van der Waals surface area contributed by atoms with E-state index in [1.807, 2.05) is 6.07 Å². The molecule has 4 nitrogen and oxygen atoms in total. The van der Waals surface area contributed by atoms with E-state index in [9.17, 15) is 8.42 Å². The Kier molecular flexibility index (Phi) is 16.8. The van der Waals surface area contributed by atoms with E-state index >= 15 is 0 Å². The molecule has 0 saturated carbocycles. The largest absolute Gasteiger partial charge is 0.325 e. The third-order valence-corrected chi connectivity index (χ3v) is 8.86. The summed E-state index contributed by atoms with van der Waals surface area (Å²) in [5, 5.41) is 0. The summed E-state index contributed by atoms with van der Waals surface area (Å²) in [5.74, 6) is 0.295. The van der Waals surface area contributed by atoms with Crippen LogP contribution in [0.1, 0.15) is 109 Å². The Labute approximate surface area is 212 Å². The molecule has 0 aliphatic carbocycles. The average Bonchev–Trinajstić information content (AvgIpc) is 2.79. The topological polar surface area (TPSA) is 37.4 Å². The van der Waals surface area contributed by atoms with Gasteiger partial charge in [-0.3, -0.25) is 0 Å². The van der Waals surface area contributed by atoms with Gasteiger partial charge in [0, 0.05) is 25.6 Å². The van der Waals surface area contributed by atoms with Crippen molar-refractivity contribution in [3.8, 4) is 0 Å². The van der Waals surface area contributed by atoms with E-state index in [2.05, 4.69) is 45.3 Å². The first-order valence-electron chi connectivity index (χ1n) is 14.1. The lowest BCUT2D eigenvalue weighted by molar-refractivity contribution is -0.903. The van der Waals surface area contributed by atoms with Crippen molar-refractivity contribution < 1.29 is 12.9 Å². The van der Waals surface area contributed by atoms with Crippen LogP contribution in [0.3, 0.4) is 0 Å². The molecular formula is C29H55N2O2S+. The maximum absolute atomic E-state index is 12.6. The van der Waals surface area contributed by atoms with Gasteiger partial charge in [0.2, 0.25) is 10.0 Å². The van der Waals surface area contributed by atoms with Crippen molar-refractivity contribution in [2.75, 3.05) is 40.0 Å². The summed E-state index contributed by atoms with van der Waals surface area (Å²) in [5.41, 5.74) is 1.33. The molecule has 0 fully saturated rings. The highest BCUT2D eigenvalue weighted by molar-refractivity contribution is 7.89. The molecule has 0 spiro atoms. The summed E-state index contributed by atoms with van der Waals surface area (Å²) < 4.78 is 27.7. The molecule has 0 aliphatic heterocycles. The molecule has 0 amide bonds. The number of nitrogens with zero attached hydrogens (tertiary/aromatic N) is 2. The highest BCUT2D eigenvalue weighted by Crippen LogP contribution is 2.14. The quantitative estimate of drug-likeness (QED) is 0.124. The van der Waals surface area contributed by atoms with E-state index in [0.29, 0.717) is 12.3 Å². The minimum absolute atomic E-state index is 0.295. The molecule has 0 aromatic heterocycles. The standard InChI is InChI=1S/C29H55N2O2S/c1-5-6-7-8-9-10-11-12-13-14-15-16-17-21-27-34(32,33)30(2)25-22-26-31(3,4)28-29-23-19-18-20-24-29/h18-20,23-24H,5-17,21-22,25-28H2,1-4H3/q+1. The van der Waals surface area contributed by atoms with E-state index in [-0.39, 0.29) is 0 Å². The van der Waals surface area contributed by atoms with Gasteiger partial charge in [0.15, 0.2) is 0 Å². The maximum Gasteiger partial charge on any atom is 0.213 e. The van der Waals surface area contributed by atoms with Crippen LogP contribution in [0.25, 0.3) is 0 Å². The van der Waals surface area contributed by atoms with Crippen LogP contribution >= 0.6 is 0 Å². The van der Waals surface area contributed by atoms with Gasteiger partial charge < -0.3 is 4.48 Å². The van der Waals surface area contributed by atoms with Crippen LogP contribution in [-0.2, 0) is 16.6 Å². The zero-order valence-electron chi connectivity index (χ0n) is 22.9. The van der Waals surface area contributed by atoms with Crippen LogP contribution in [-0.4, -0.2) is 57.2 Å². The number of hydrogen-bond acceptors (Lipinski definition) is 2. The summed E-state index contributed by atoms with van der Waals surface area (Å²) in [7, 11) is 3.06. The Balaban J connectivity index is 2.04. The van der Waals surface area contributed by atoms with Gasteiger partial charge in [-0.15, -0.1) is 0 Å². The lowest BCUT2D eigenvalue weighted by atomic mass is 10.0. The predicted octanol–water partition coefficient (Wildman–Crippen LogP) is 7.40. The number of hydrogen-bond donors (Lipinski definition) is 0. The van der Waals surface area contributed by atoms with Crippen LogP contribution in [0.2, 0.25) is 0 Å². The number of benzene rings is 1. The van der Waals surface area contributed by atoms with Gasteiger partial charge in [-0.1, -0.05) is 121 Å². The molecule has 0 radical (unpaired) electrons. The summed E-state index contributed by atoms with van der Waals surface area (Å²) in [4.78, 5) is 0. The minimum atomic E-state index is -3.13. The molecule has 0 saturated heterocycles. The molecule has 1 aromatic carbocycles. The van der Waals surface area contributed by atoms with Crippen molar-refractivity contribution in [2.24, 2.45) is 0 Å². The molecule has 0 atom stereocenters. The van der Waals surface area contributed by atoms with E-state index in [1.165, 1.54) is 82.6 Å². The minimum Gasteiger partial charge on any atom is -0.325 e. The van der Waals surface area contributed by atoms with Crippen molar-refractivity contribution in [3.63, 3.8) is 0 Å². The Bertz CT molecular complexity index is 704. The second kappa shape index (κ2) is 18.4. The number of unbranched alkanes of at least 4 members (excludes halogenated alkanes) is 13. The first kappa shape index (κ1) is 31.1. The molecule has 1 aromatic rings. The van der Waals surface area contributed by atoms with Gasteiger partial charge in [-0.25, -0.2) is 12.7 Å². The molecule has 34 heavy (non-hydrogen) atoms. The first-order chi connectivity index (χ1) is 16.3. The van der Waals surface area contributed by atoms with Gasteiger partial charge in [0.05, 0.1) is 26.4 Å². The second-order valence-electron chi connectivity index (χ2n) is 10.9. The summed E-state index contributed by atoms with van der Waals surface area (Å²) in [6.07, 6.45) is 18.9. The highest BCUT2D eigenvalue weighted by Gasteiger charge is 2.20. The van der Waals surface area contributed by atoms with Gasteiger partial charge >= 0.3 is 0 Å². The lowest BCUT2D eigenvalue weighted by Gasteiger charge is -2.30. The Morgan fingerprint density at radius 2 is 1.18 bits per heavy atom. The Hall–Kier alpha value is -0.910. The smallest absolute Gasteiger partial charge is 0.213 e. The molecule has 0 aliphatic rings. The highest BCUT2D eigenvalue weighted by atomic mass is 32.2. The van der Waals surface area contributed by atoms with E-state index in [4.69, 9.17) is 0 Å². The normalized spacial score (nSPS) is 12.5. The zero-order valence-corrected chi connectivity index (χ0v) is 23.8. The third kappa shape index (κ3) is 15.9. The summed E-state index contributed by atoms with van der Waals surface area (Å²) >= 11 is 0. The van der Waals surface area contributed by atoms with E-state index in [0.717, 1.165) is 36.8 Å². The van der Waals surface area contributed by atoms with Gasteiger partial charge in [-0.05, 0) is 6.42 Å². The van der Waals surface area contributed by atoms with Crippen molar-refractivity contribution >= 4 is 10.0 Å². The van der Waals surface area contributed by atoms with Crippen molar-refractivity contribution in [3.05, 3.63) is 35.9 Å². The monoisotopic (exact) mass is 495 g/mol. The second-order valence-corrected chi connectivity index (χ2v) is 13.1. The number of rotatable bonds is 22. The third-order valence-electron chi connectivity index (χ3n) is 6.92. The Morgan fingerprint density at radius 1 is 0.706 bits per heavy atom. The van der Waals surface area contributed by atoms with Gasteiger partial charge in [0.25, 0.3) is 0 Å². The molecule has 198 valence electrons. The van der Waals surface area contributed by atoms with Crippen LogP contribution < -0.4 is 0 Å². The van der Waals surface area contributed by atoms with E-state index in [1.54, 1.807) is 11.4 Å². The SMILES string of the molecule is CCCCCCCCCCCCCCCCS(=O)(=O)N(C)CCC[N+](C)(C)Cc1ccccc1. The van der Waals surface area contributed by atoms with E-state index < -0.39 is 10.0 Å². The summed E-state index contributed by atoms with van der Waals surface area (Å²) in [6.45, 7) is 4.81. The lowest BCUT2D eigenvalue weighted by Crippen LogP contribution is -2.41.